The zero-order valence-electron chi connectivity index (χ0n) is 14.4. The van der Waals surface area contributed by atoms with Crippen LogP contribution in [0.1, 0.15) is 65.4 Å². The highest BCUT2D eigenvalue weighted by atomic mass is 16.5. The summed E-state index contributed by atoms with van der Waals surface area (Å²) in [5.74, 6) is 0.991. The van der Waals surface area contributed by atoms with Gasteiger partial charge in [-0.2, -0.15) is 0 Å². The summed E-state index contributed by atoms with van der Waals surface area (Å²) in [6.07, 6.45) is 6.41. The Balaban J connectivity index is 2.18. The molecule has 120 valence electrons. The van der Waals surface area contributed by atoms with E-state index in [1.54, 1.807) is 0 Å². The van der Waals surface area contributed by atoms with Gasteiger partial charge in [0.15, 0.2) is 0 Å². The summed E-state index contributed by atoms with van der Waals surface area (Å²) < 4.78 is 5.78. The van der Waals surface area contributed by atoms with Crippen LogP contribution in [0.15, 0.2) is 24.3 Å². The summed E-state index contributed by atoms with van der Waals surface area (Å²) in [4.78, 5) is 0. The minimum Gasteiger partial charge on any atom is -0.494 e. The van der Waals surface area contributed by atoms with Crippen molar-refractivity contribution in [2.45, 2.75) is 66.3 Å². The molecule has 1 aromatic rings. The molecule has 1 aromatic carbocycles. The average molecular weight is 291 g/mol. The molecule has 2 heteroatoms. The van der Waals surface area contributed by atoms with Gasteiger partial charge in [0.2, 0.25) is 0 Å². The number of benzene rings is 1. The lowest BCUT2D eigenvalue weighted by Gasteiger charge is -2.18. The maximum Gasteiger partial charge on any atom is 0.119 e. The Hall–Kier alpha value is -1.02. The standard InChI is InChI=1S/C19H33NO/c1-5-6-7-8-9-14-21-18-12-10-17(11-13-18)15-20-16-19(2,3)4/h10-13,20H,5-9,14-16H2,1-4H3. The minimum absolute atomic E-state index is 0.334. The summed E-state index contributed by atoms with van der Waals surface area (Å²) in [7, 11) is 0. The summed E-state index contributed by atoms with van der Waals surface area (Å²) >= 11 is 0. The first kappa shape index (κ1) is 18.0. The molecule has 0 saturated carbocycles. The number of unbranched alkanes of at least 4 members (excludes halogenated alkanes) is 4. The molecule has 0 bridgehead atoms. The SMILES string of the molecule is CCCCCCCOc1ccc(CNCC(C)(C)C)cc1. The third-order valence-electron chi connectivity index (χ3n) is 3.42. The zero-order valence-corrected chi connectivity index (χ0v) is 14.4. The molecule has 0 aromatic heterocycles. The molecule has 0 radical (unpaired) electrons. The van der Waals surface area contributed by atoms with E-state index in [2.05, 4.69) is 57.3 Å². The van der Waals surface area contributed by atoms with Gasteiger partial charge < -0.3 is 10.1 Å². The van der Waals surface area contributed by atoms with Crippen molar-refractivity contribution in [2.24, 2.45) is 5.41 Å². The molecule has 0 saturated heterocycles. The summed E-state index contributed by atoms with van der Waals surface area (Å²) in [5, 5.41) is 3.49. The van der Waals surface area contributed by atoms with Crippen LogP contribution in [0.25, 0.3) is 0 Å². The lowest BCUT2D eigenvalue weighted by molar-refractivity contribution is 0.304. The van der Waals surface area contributed by atoms with E-state index >= 15 is 0 Å². The van der Waals surface area contributed by atoms with Crippen LogP contribution in [0.5, 0.6) is 5.75 Å². The zero-order chi connectivity index (χ0) is 15.6. The number of ether oxygens (including phenoxy) is 1. The fraction of sp³-hybridized carbons (Fsp3) is 0.684. The monoisotopic (exact) mass is 291 g/mol. The van der Waals surface area contributed by atoms with E-state index in [9.17, 15) is 0 Å². The third kappa shape index (κ3) is 9.52. The highest BCUT2D eigenvalue weighted by Gasteiger charge is 2.08. The maximum absolute atomic E-state index is 5.78. The minimum atomic E-state index is 0.334. The first-order valence-corrected chi connectivity index (χ1v) is 8.44. The van der Waals surface area contributed by atoms with E-state index in [4.69, 9.17) is 4.74 Å². The van der Waals surface area contributed by atoms with Crippen molar-refractivity contribution in [1.29, 1.82) is 0 Å². The fourth-order valence-electron chi connectivity index (χ4n) is 2.18. The van der Waals surface area contributed by atoms with Gasteiger partial charge >= 0.3 is 0 Å². The van der Waals surface area contributed by atoms with Crippen molar-refractivity contribution in [3.05, 3.63) is 29.8 Å². The topological polar surface area (TPSA) is 21.3 Å². The van der Waals surface area contributed by atoms with Gasteiger partial charge in [0.05, 0.1) is 6.61 Å². The van der Waals surface area contributed by atoms with Gasteiger partial charge in [-0.1, -0.05) is 65.5 Å². The molecule has 21 heavy (non-hydrogen) atoms. The van der Waals surface area contributed by atoms with Crippen LogP contribution in [0, 0.1) is 5.41 Å². The second kappa shape index (κ2) is 9.83. The summed E-state index contributed by atoms with van der Waals surface area (Å²) in [6, 6.07) is 8.48. The first-order valence-electron chi connectivity index (χ1n) is 8.44. The van der Waals surface area contributed by atoms with E-state index in [0.717, 1.165) is 31.9 Å². The van der Waals surface area contributed by atoms with Crippen LogP contribution in [0.4, 0.5) is 0 Å². The van der Waals surface area contributed by atoms with Crippen molar-refractivity contribution >= 4 is 0 Å². The largest absolute Gasteiger partial charge is 0.494 e. The second-order valence-electron chi connectivity index (χ2n) is 7.07. The van der Waals surface area contributed by atoms with Gasteiger partial charge in [0.1, 0.15) is 5.75 Å². The molecular weight excluding hydrogens is 258 g/mol. The average Bonchev–Trinajstić information content (AvgIpc) is 2.43. The molecule has 0 heterocycles. The lowest BCUT2D eigenvalue weighted by Crippen LogP contribution is -2.26. The smallest absolute Gasteiger partial charge is 0.119 e. The van der Waals surface area contributed by atoms with Crippen LogP contribution < -0.4 is 10.1 Å². The molecule has 1 rings (SSSR count). The molecule has 0 spiro atoms. The molecule has 0 aliphatic heterocycles. The Kier molecular flexibility index (Phi) is 8.44. The van der Waals surface area contributed by atoms with E-state index in [0.29, 0.717) is 5.41 Å². The Morgan fingerprint density at radius 3 is 2.24 bits per heavy atom. The number of hydrogen-bond acceptors (Lipinski definition) is 2. The van der Waals surface area contributed by atoms with Crippen LogP contribution >= 0.6 is 0 Å². The van der Waals surface area contributed by atoms with E-state index < -0.39 is 0 Å². The molecule has 0 aliphatic carbocycles. The Morgan fingerprint density at radius 2 is 1.62 bits per heavy atom. The van der Waals surface area contributed by atoms with Gasteiger partial charge in [0, 0.05) is 13.1 Å². The molecule has 0 unspecified atom stereocenters. The molecular formula is C19H33NO. The first-order chi connectivity index (χ1) is 10.0. The van der Waals surface area contributed by atoms with Crippen LogP contribution in [-0.2, 0) is 6.54 Å². The highest BCUT2D eigenvalue weighted by Crippen LogP contribution is 2.14. The van der Waals surface area contributed by atoms with Crippen molar-refractivity contribution in [3.8, 4) is 5.75 Å². The predicted molar refractivity (Wildman–Crippen MR) is 91.9 cm³/mol. The summed E-state index contributed by atoms with van der Waals surface area (Å²) in [6.45, 7) is 11.8. The van der Waals surface area contributed by atoms with E-state index in [-0.39, 0.29) is 0 Å². The Bertz CT molecular complexity index is 364. The number of nitrogens with one attached hydrogen (secondary N) is 1. The van der Waals surface area contributed by atoms with E-state index in [1.165, 1.54) is 31.2 Å². The molecule has 2 nitrogen and oxygen atoms in total. The van der Waals surface area contributed by atoms with Gasteiger partial charge in [-0.05, 0) is 29.5 Å². The lowest BCUT2D eigenvalue weighted by atomic mass is 9.97. The Morgan fingerprint density at radius 1 is 0.952 bits per heavy atom. The second-order valence-corrected chi connectivity index (χ2v) is 7.07. The van der Waals surface area contributed by atoms with Gasteiger partial charge in [-0.3, -0.25) is 0 Å². The van der Waals surface area contributed by atoms with Crippen LogP contribution in [0.2, 0.25) is 0 Å². The normalized spacial score (nSPS) is 11.6. The van der Waals surface area contributed by atoms with Crippen molar-refractivity contribution in [3.63, 3.8) is 0 Å². The van der Waals surface area contributed by atoms with Crippen LogP contribution in [-0.4, -0.2) is 13.2 Å². The summed E-state index contributed by atoms with van der Waals surface area (Å²) in [5.41, 5.74) is 1.65. The molecule has 0 fully saturated rings. The van der Waals surface area contributed by atoms with Gasteiger partial charge in [-0.15, -0.1) is 0 Å². The fourth-order valence-corrected chi connectivity index (χ4v) is 2.18. The van der Waals surface area contributed by atoms with Crippen molar-refractivity contribution in [2.75, 3.05) is 13.2 Å². The molecule has 0 atom stereocenters. The van der Waals surface area contributed by atoms with Crippen molar-refractivity contribution in [1.82, 2.24) is 5.32 Å². The van der Waals surface area contributed by atoms with E-state index in [1.807, 2.05) is 0 Å². The quantitative estimate of drug-likeness (QED) is 0.600. The molecule has 0 aliphatic rings. The maximum atomic E-state index is 5.78. The van der Waals surface area contributed by atoms with Gasteiger partial charge in [-0.25, -0.2) is 0 Å². The molecule has 1 N–H and O–H groups in total. The van der Waals surface area contributed by atoms with Crippen LogP contribution in [0.3, 0.4) is 0 Å². The molecule has 0 amide bonds. The highest BCUT2D eigenvalue weighted by molar-refractivity contribution is 5.27. The number of hydrogen-bond donors (Lipinski definition) is 1. The van der Waals surface area contributed by atoms with Crippen molar-refractivity contribution < 1.29 is 4.74 Å². The van der Waals surface area contributed by atoms with Gasteiger partial charge in [0.25, 0.3) is 0 Å². The number of rotatable bonds is 10. The predicted octanol–water partition coefficient (Wildman–Crippen LogP) is 5.17. The Labute approximate surface area is 131 Å². The third-order valence-corrected chi connectivity index (χ3v) is 3.42.